The highest BCUT2D eigenvalue weighted by Crippen LogP contribution is 2.28. The molecule has 1 saturated heterocycles. The molecular formula is C5H6O6S. The van der Waals surface area contributed by atoms with Gasteiger partial charge in [-0.05, 0) is 6.92 Å². The fraction of sp³-hybridized carbons (Fsp3) is 0.600. The Morgan fingerprint density at radius 2 is 2.00 bits per heavy atom. The average Bonchev–Trinajstić information content (AvgIpc) is 2.06. The number of hydrogen-bond donors (Lipinski definition) is 1. The van der Waals surface area contributed by atoms with Gasteiger partial charge in [0, 0.05) is 0 Å². The number of hydrogen-bond acceptors (Lipinski definition) is 5. The van der Waals surface area contributed by atoms with Gasteiger partial charge in [-0.15, -0.1) is 0 Å². The number of rotatable bonds is 1. The van der Waals surface area contributed by atoms with Crippen molar-refractivity contribution >= 4 is 22.1 Å². The number of esters is 2. The van der Waals surface area contributed by atoms with Crippen molar-refractivity contribution in [2.75, 3.05) is 0 Å². The summed E-state index contributed by atoms with van der Waals surface area (Å²) in [4.78, 5) is 21.3. The van der Waals surface area contributed by atoms with Crippen LogP contribution in [0.2, 0.25) is 0 Å². The van der Waals surface area contributed by atoms with E-state index < -0.39 is 33.2 Å². The molecule has 0 bridgehead atoms. The van der Waals surface area contributed by atoms with Gasteiger partial charge >= 0.3 is 11.9 Å². The van der Waals surface area contributed by atoms with E-state index in [1.165, 1.54) is 0 Å². The number of cyclic esters (lactones) is 2. The van der Waals surface area contributed by atoms with Crippen molar-refractivity contribution in [1.29, 1.82) is 0 Å². The molecule has 1 aliphatic rings. The maximum atomic E-state index is 10.8. The van der Waals surface area contributed by atoms with E-state index in [0.29, 0.717) is 0 Å². The molecule has 1 unspecified atom stereocenters. The second-order valence-corrected chi connectivity index (χ2v) is 4.50. The molecule has 6 nitrogen and oxygen atoms in total. The maximum Gasteiger partial charge on any atom is 0.337 e. The molecule has 0 amide bonds. The lowest BCUT2D eigenvalue weighted by atomic mass is 10.1. The van der Waals surface area contributed by atoms with Crippen LogP contribution < -0.4 is 0 Å². The first kappa shape index (κ1) is 9.14. The standard InChI is InChI=1S/C5H6O6S/c1-5(12(8,9)10)2-3(6)11-4(5)7/h2H2,1H3,(H,8,9,10). The molecule has 7 heteroatoms. The highest BCUT2D eigenvalue weighted by atomic mass is 32.2. The molecule has 1 heterocycles. The lowest BCUT2D eigenvalue weighted by Gasteiger charge is -2.12. The van der Waals surface area contributed by atoms with Crippen molar-refractivity contribution in [3.8, 4) is 0 Å². The molecule has 1 aliphatic heterocycles. The third-order valence-electron chi connectivity index (χ3n) is 1.69. The summed E-state index contributed by atoms with van der Waals surface area (Å²) in [5, 5.41) is 0. The van der Waals surface area contributed by atoms with Gasteiger partial charge in [0.15, 0.2) is 0 Å². The Morgan fingerprint density at radius 3 is 2.17 bits per heavy atom. The van der Waals surface area contributed by atoms with Gasteiger partial charge in [0.25, 0.3) is 10.1 Å². The first-order valence-electron chi connectivity index (χ1n) is 2.99. The van der Waals surface area contributed by atoms with Crippen molar-refractivity contribution in [2.24, 2.45) is 0 Å². The van der Waals surface area contributed by atoms with Crippen LogP contribution in [0.3, 0.4) is 0 Å². The summed E-state index contributed by atoms with van der Waals surface area (Å²) in [7, 11) is -4.58. The van der Waals surface area contributed by atoms with Crippen molar-refractivity contribution < 1.29 is 27.3 Å². The molecule has 0 saturated carbocycles. The van der Waals surface area contributed by atoms with Gasteiger partial charge in [-0.25, -0.2) is 4.79 Å². The SMILES string of the molecule is CC1(S(=O)(=O)O)CC(=O)OC1=O. The van der Waals surface area contributed by atoms with Crippen LogP contribution >= 0.6 is 0 Å². The molecule has 0 radical (unpaired) electrons. The van der Waals surface area contributed by atoms with Crippen LogP contribution in [0.5, 0.6) is 0 Å². The summed E-state index contributed by atoms with van der Waals surface area (Å²) in [6, 6.07) is 0. The maximum absolute atomic E-state index is 10.8. The topological polar surface area (TPSA) is 97.7 Å². The van der Waals surface area contributed by atoms with E-state index in [0.717, 1.165) is 6.92 Å². The predicted molar refractivity (Wildman–Crippen MR) is 35.7 cm³/mol. The third-order valence-corrected chi connectivity index (χ3v) is 3.14. The molecule has 1 N–H and O–H groups in total. The van der Waals surface area contributed by atoms with Crippen LogP contribution in [0.15, 0.2) is 0 Å². The van der Waals surface area contributed by atoms with E-state index in [4.69, 9.17) is 4.55 Å². The fourth-order valence-electron chi connectivity index (χ4n) is 0.792. The van der Waals surface area contributed by atoms with Crippen molar-refractivity contribution in [3.63, 3.8) is 0 Å². The molecule has 0 aliphatic carbocycles. The Balaban J connectivity index is 3.18. The van der Waals surface area contributed by atoms with Crippen LogP contribution in [0.1, 0.15) is 13.3 Å². The van der Waals surface area contributed by atoms with Crippen molar-refractivity contribution in [3.05, 3.63) is 0 Å². The molecule has 12 heavy (non-hydrogen) atoms. The smallest absolute Gasteiger partial charge is 0.337 e. The molecule has 68 valence electrons. The minimum Gasteiger partial charge on any atom is -0.392 e. The zero-order chi connectivity index (χ0) is 9.57. The minimum atomic E-state index is -4.58. The van der Waals surface area contributed by atoms with Gasteiger partial charge in [0.1, 0.15) is 0 Å². The lowest BCUT2D eigenvalue weighted by molar-refractivity contribution is -0.152. The summed E-state index contributed by atoms with van der Waals surface area (Å²) in [6.07, 6.45) is -0.634. The first-order chi connectivity index (χ1) is 5.27. The zero-order valence-electron chi connectivity index (χ0n) is 6.10. The first-order valence-corrected chi connectivity index (χ1v) is 4.43. The summed E-state index contributed by atoms with van der Waals surface area (Å²) >= 11 is 0. The summed E-state index contributed by atoms with van der Waals surface area (Å²) in [6.45, 7) is 0.940. The molecule has 0 spiro atoms. The Hall–Kier alpha value is -0.950. The molecule has 1 rings (SSSR count). The lowest BCUT2D eigenvalue weighted by Crippen LogP contribution is -2.39. The van der Waals surface area contributed by atoms with Crippen LogP contribution in [-0.4, -0.2) is 29.7 Å². The normalized spacial score (nSPS) is 30.5. The van der Waals surface area contributed by atoms with Gasteiger partial charge in [0.05, 0.1) is 6.42 Å². The molecule has 0 aromatic rings. The quantitative estimate of drug-likeness (QED) is 0.330. The Labute approximate surface area is 68.3 Å². The van der Waals surface area contributed by atoms with E-state index in [9.17, 15) is 18.0 Å². The van der Waals surface area contributed by atoms with E-state index >= 15 is 0 Å². The highest BCUT2D eigenvalue weighted by Gasteiger charge is 2.55. The largest absolute Gasteiger partial charge is 0.392 e. The Morgan fingerprint density at radius 1 is 1.50 bits per heavy atom. The Kier molecular flexibility index (Phi) is 1.73. The zero-order valence-corrected chi connectivity index (χ0v) is 6.92. The van der Waals surface area contributed by atoms with E-state index in [1.54, 1.807) is 0 Å². The monoisotopic (exact) mass is 194 g/mol. The number of ether oxygens (including phenoxy) is 1. The van der Waals surface area contributed by atoms with Crippen LogP contribution in [0.4, 0.5) is 0 Å². The van der Waals surface area contributed by atoms with Gasteiger partial charge in [-0.2, -0.15) is 8.42 Å². The molecule has 1 fully saturated rings. The second kappa shape index (κ2) is 2.27. The molecule has 0 aromatic heterocycles. The van der Waals surface area contributed by atoms with Gasteiger partial charge < -0.3 is 4.74 Å². The predicted octanol–water partition coefficient (Wildman–Crippen LogP) is -0.894. The molecule has 0 aromatic carbocycles. The van der Waals surface area contributed by atoms with E-state index in [1.807, 2.05) is 0 Å². The highest BCUT2D eigenvalue weighted by molar-refractivity contribution is 7.88. The van der Waals surface area contributed by atoms with Crippen LogP contribution in [0.25, 0.3) is 0 Å². The van der Waals surface area contributed by atoms with Crippen LogP contribution in [-0.2, 0) is 24.4 Å². The van der Waals surface area contributed by atoms with Crippen LogP contribution in [0, 0.1) is 0 Å². The third kappa shape index (κ3) is 1.10. The Bertz CT molecular complexity index is 341. The number of carbonyl (C=O) groups is 2. The fourth-order valence-corrected chi connectivity index (χ4v) is 1.34. The van der Waals surface area contributed by atoms with Crippen molar-refractivity contribution in [1.82, 2.24) is 0 Å². The van der Waals surface area contributed by atoms with Gasteiger partial charge in [-0.1, -0.05) is 0 Å². The second-order valence-electron chi connectivity index (χ2n) is 2.64. The molecular weight excluding hydrogens is 188 g/mol. The van der Waals surface area contributed by atoms with E-state index in [2.05, 4.69) is 4.74 Å². The average molecular weight is 194 g/mol. The summed E-state index contributed by atoms with van der Waals surface area (Å²) in [5.41, 5.74) is 0. The summed E-state index contributed by atoms with van der Waals surface area (Å²) in [5.74, 6) is -2.17. The minimum absolute atomic E-state index is 0.634. The molecule has 1 atom stereocenters. The number of carbonyl (C=O) groups excluding carboxylic acids is 2. The van der Waals surface area contributed by atoms with Gasteiger partial charge in [-0.3, -0.25) is 9.35 Å². The van der Waals surface area contributed by atoms with E-state index in [-0.39, 0.29) is 0 Å². The van der Waals surface area contributed by atoms with Crippen molar-refractivity contribution in [2.45, 2.75) is 18.1 Å². The summed E-state index contributed by atoms with van der Waals surface area (Å²) < 4.78 is 31.7. The van der Waals surface area contributed by atoms with Gasteiger partial charge in [0.2, 0.25) is 4.75 Å².